The Morgan fingerprint density at radius 1 is 1.47 bits per heavy atom. The number of terminal acetylenes is 1. The molecule has 15 heavy (non-hydrogen) atoms. The van der Waals surface area contributed by atoms with Gasteiger partial charge in [-0.1, -0.05) is 6.92 Å². The molecule has 0 aliphatic carbocycles. The lowest BCUT2D eigenvalue weighted by molar-refractivity contribution is 0.478. The number of nitrogens with zero attached hydrogens (tertiary/aromatic N) is 2. The van der Waals surface area contributed by atoms with Crippen molar-refractivity contribution in [3.05, 3.63) is 24.3 Å². The smallest absolute Gasteiger partial charge is 0.145 e. The monoisotopic (exact) mass is 203 g/mol. The largest absolute Gasteiger partial charge is 0.308 e. The predicted molar refractivity (Wildman–Crippen MR) is 61.1 cm³/mol. The summed E-state index contributed by atoms with van der Waals surface area (Å²) < 4.78 is 0. The third-order valence-electron chi connectivity index (χ3n) is 2.16. The van der Waals surface area contributed by atoms with Crippen molar-refractivity contribution in [1.82, 2.24) is 15.3 Å². The molecule has 1 heterocycles. The Morgan fingerprint density at radius 2 is 2.20 bits per heavy atom. The lowest BCUT2D eigenvalue weighted by Gasteiger charge is -2.15. The van der Waals surface area contributed by atoms with Crippen LogP contribution < -0.4 is 5.32 Å². The summed E-state index contributed by atoms with van der Waals surface area (Å²) in [7, 11) is 0. The maximum Gasteiger partial charge on any atom is 0.145 e. The minimum Gasteiger partial charge on any atom is -0.308 e. The first-order valence-corrected chi connectivity index (χ1v) is 5.32. The van der Waals surface area contributed by atoms with Gasteiger partial charge in [-0.3, -0.25) is 0 Å². The molecule has 1 atom stereocenters. The van der Waals surface area contributed by atoms with E-state index in [4.69, 9.17) is 6.42 Å². The van der Waals surface area contributed by atoms with Crippen LogP contribution >= 0.6 is 0 Å². The van der Waals surface area contributed by atoms with E-state index in [-0.39, 0.29) is 6.04 Å². The molecule has 0 aromatic carbocycles. The average Bonchev–Trinajstić information content (AvgIpc) is 2.29. The second kappa shape index (κ2) is 6.97. The van der Waals surface area contributed by atoms with Crippen LogP contribution in [0.3, 0.4) is 0 Å². The zero-order valence-electron chi connectivity index (χ0n) is 9.11. The van der Waals surface area contributed by atoms with Crippen LogP contribution in [0, 0.1) is 12.3 Å². The molecule has 3 heteroatoms. The molecule has 1 rings (SSSR count). The van der Waals surface area contributed by atoms with Gasteiger partial charge in [-0.25, -0.2) is 9.97 Å². The molecule has 0 spiro atoms. The van der Waals surface area contributed by atoms with Crippen LogP contribution in [-0.2, 0) is 0 Å². The number of unbranched alkanes of at least 4 members (excludes halogenated alkanes) is 1. The summed E-state index contributed by atoms with van der Waals surface area (Å²) in [6.07, 6.45) is 11.6. The van der Waals surface area contributed by atoms with Gasteiger partial charge in [0.05, 0.1) is 6.04 Å². The topological polar surface area (TPSA) is 37.8 Å². The van der Waals surface area contributed by atoms with E-state index in [0.717, 1.165) is 31.6 Å². The summed E-state index contributed by atoms with van der Waals surface area (Å²) in [5.74, 6) is 3.51. The van der Waals surface area contributed by atoms with Gasteiger partial charge in [0.15, 0.2) is 0 Å². The summed E-state index contributed by atoms with van der Waals surface area (Å²) in [4.78, 5) is 8.50. The van der Waals surface area contributed by atoms with E-state index in [1.54, 1.807) is 12.4 Å². The zero-order valence-corrected chi connectivity index (χ0v) is 9.11. The molecule has 0 fully saturated rings. The Balaban J connectivity index is 2.54. The molecule has 80 valence electrons. The molecule has 0 saturated carbocycles. The van der Waals surface area contributed by atoms with Gasteiger partial charge in [0.2, 0.25) is 0 Å². The van der Waals surface area contributed by atoms with E-state index in [1.165, 1.54) is 0 Å². The SMILES string of the molecule is C#CCCCC(NCC)c1ncccn1. The number of nitrogens with one attached hydrogen (secondary N) is 1. The van der Waals surface area contributed by atoms with Gasteiger partial charge in [-0.2, -0.15) is 0 Å². The normalized spacial score (nSPS) is 12.0. The van der Waals surface area contributed by atoms with Crippen LogP contribution in [0.1, 0.15) is 38.1 Å². The van der Waals surface area contributed by atoms with Crippen molar-refractivity contribution in [2.75, 3.05) is 6.54 Å². The highest BCUT2D eigenvalue weighted by Gasteiger charge is 2.11. The van der Waals surface area contributed by atoms with Crippen molar-refractivity contribution in [3.8, 4) is 12.3 Å². The predicted octanol–water partition coefficient (Wildman–Crippen LogP) is 1.93. The zero-order chi connectivity index (χ0) is 10.9. The Labute approximate surface area is 91.3 Å². The molecule has 0 amide bonds. The van der Waals surface area contributed by atoms with E-state index in [9.17, 15) is 0 Å². The van der Waals surface area contributed by atoms with E-state index in [1.807, 2.05) is 6.07 Å². The third-order valence-corrected chi connectivity index (χ3v) is 2.16. The number of rotatable bonds is 6. The first-order valence-electron chi connectivity index (χ1n) is 5.32. The van der Waals surface area contributed by atoms with Gasteiger partial charge in [-0.15, -0.1) is 12.3 Å². The van der Waals surface area contributed by atoms with Gasteiger partial charge >= 0.3 is 0 Å². The summed E-state index contributed by atoms with van der Waals surface area (Å²) in [5.41, 5.74) is 0. The highest BCUT2D eigenvalue weighted by atomic mass is 15.0. The Morgan fingerprint density at radius 3 is 2.80 bits per heavy atom. The molecule has 1 unspecified atom stereocenters. The fourth-order valence-electron chi connectivity index (χ4n) is 1.47. The van der Waals surface area contributed by atoms with Crippen LogP contribution in [0.15, 0.2) is 18.5 Å². The molecule has 1 aromatic rings. The molecular weight excluding hydrogens is 186 g/mol. The molecule has 0 aliphatic heterocycles. The second-order valence-electron chi connectivity index (χ2n) is 3.31. The molecule has 1 aromatic heterocycles. The maximum absolute atomic E-state index is 5.23. The Bertz CT molecular complexity index is 302. The van der Waals surface area contributed by atoms with Gasteiger partial charge in [0, 0.05) is 18.8 Å². The third kappa shape index (κ3) is 4.09. The maximum atomic E-state index is 5.23. The van der Waals surface area contributed by atoms with Crippen LogP contribution in [0.25, 0.3) is 0 Å². The average molecular weight is 203 g/mol. The molecule has 0 radical (unpaired) electrons. The molecule has 0 bridgehead atoms. The highest BCUT2D eigenvalue weighted by molar-refractivity contribution is 4.96. The van der Waals surface area contributed by atoms with Gasteiger partial charge < -0.3 is 5.32 Å². The van der Waals surface area contributed by atoms with Crippen molar-refractivity contribution in [2.45, 2.75) is 32.2 Å². The lowest BCUT2D eigenvalue weighted by atomic mass is 10.1. The van der Waals surface area contributed by atoms with Gasteiger partial charge in [0.25, 0.3) is 0 Å². The Hall–Kier alpha value is -1.40. The fraction of sp³-hybridized carbons (Fsp3) is 0.500. The van der Waals surface area contributed by atoms with E-state index in [0.29, 0.717) is 0 Å². The first kappa shape index (κ1) is 11.7. The van der Waals surface area contributed by atoms with Crippen molar-refractivity contribution < 1.29 is 0 Å². The first-order chi connectivity index (χ1) is 7.38. The van der Waals surface area contributed by atoms with Gasteiger partial charge in [0.1, 0.15) is 5.82 Å². The number of aromatic nitrogens is 2. The lowest BCUT2D eigenvalue weighted by Crippen LogP contribution is -2.22. The van der Waals surface area contributed by atoms with Crippen LogP contribution in [0.4, 0.5) is 0 Å². The van der Waals surface area contributed by atoms with Crippen molar-refractivity contribution in [3.63, 3.8) is 0 Å². The van der Waals surface area contributed by atoms with Crippen LogP contribution in [0.5, 0.6) is 0 Å². The van der Waals surface area contributed by atoms with Crippen molar-refractivity contribution in [2.24, 2.45) is 0 Å². The minimum atomic E-state index is 0.226. The van der Waals surface area contributed by atoms with Crippen molar-refractivity contribution in [1.29, 1.82) is 0 Å². The molecule has 1 N–H and O–H groups in total. The fourth-order valence-corrected chi connectivity index (χ4v) is 1.47. The van der Waals surface area contributed by atoms with E-state index in [2.05, 4.69) is 28.1 Å². The van der Waals surface area contributed by atoms with Crippen molar-refractivity contribution >= 4 is 0 Å². The quantitative estimate of drug-likeness (QED) is 0.567. The summed E-state index contributed by atoms with van der Waals surface area (Å²) in [6, 6.07) is 2.05. The summed E-state index contributed by atoms with van der Waals surface area (Å²) >= 11 is 0. The minimum absolute atomic E-state index is 0.226. The molecule has 0 saturated heterocycles. The Kier molecular flexibility index (Phi) is 5.42. The van der Waals surface area contributed by atoms with Crippen LogP contribution in [-0.4, -0.2) is 16.5 Å². The summed E-state index contributed by atoms with van der Waals surface area (Å²) in [5, 5.41) is 3.36. The molecule has 3 nitrogen and oxygen atoms in total. The van der Waals surface area contributed by atoms with E-state index < -0.39 is 0 Å². The second-order valence-corrected chi connectivity index (χ2v) is 3.31. The molecule has 0 aliphatic rings. The highest BCUT2D eigenvalue weighted by Crippen LogP contribution is 2.14. The standard InChI is InChI=1S/C12H17N3/c1-3-5-6-8-11(13-4-2)12-14-9-7-10-15-12/h1,7,9-11,13H,4-6,8H2,2H3. The number of hydrogen-bond donors (Lipinski definition) is 1. The molecular formula is C12H17N3. The van der Waals surface area contributed by atoms with Crippen LogP contribution in [0.2, 0.25) is 0 Å². The summed E-state index contributed by atoms with van der Waals surface area (Å²) in [6.45, 7) is 3.00. The van der Waals surface area contributed by atoms with Gasteiger partial charge in [-0.05, 0) is 25.5 Å². The number of hydrogen-bond acceptors (Lipinski definition) is 3. The van der Waals surface area contributed by atoms with E-state index >= 15 is 0 Å².